The van der Waals surface area contributed by atoms with Crippen LogP contribution in [0.2, 0.25) is 0 Å². The highest BCUT2D eigenvalue weighted by atomic mass is 32.1. The second-order valence-corrected chi connectivity index (χ2v) is 5.02. The smallest absolute Gasteiger partial charge is 0.308 e. The van der Waals surface area contributed by atoms with Crippen LogP contribution in [0, 0.1) is 5.92 Å². The summed E-state index contributed by atoms with van der Waals surface area (Å²) in [5.41, 5.74) is 0. The Bertz CT molecular complexity index is 356. The van der Waals surface area contributed by atoms with Crippen molar-refractivity contribution in [1.29, 1.82) is 0 Å². The molecule has 1 N–H and O–H groups in total. The minimum absolute atomic E-state index is 0.0436. The summed E-state index contributed by atoms with van der Waals surface area (Å²) in [5, 5.41) is 8.13. The number of nitrogens with one attached hydrogen (secondary N) is 1. The summed E-state index contributed by atoms with van der Waals surface area (Å²) >= 11 is 1.35. The first-order valence-electron chi connectivity index (χ1n) is 6.00. The Balaban J connectivity index is 1.86. The van der Waals surface area contributed by atoms with Gasteiger partial charge in [0, 0.05) is 17.6 Å². The zero-order valence-electron chi connectivity index (χ0n) is 9.89. The van der Waals surface area contributed by atoms with E-state index in [2.05, 4.69) is 14.9 Å². The number of aromatic nitrogens is 2. The number of hydrogen-bond acceptors (Lipinski definition) is 6. The highest BCUT2D eigenvalue weighted by molar-refractivity contribution is 7.09. The predicted octanol–water partition coefficient (Wildman–Crippen LogP) is 2.07. The molecular weight excluding hydrogens is 238 g/mol. The normalized spacial score (nSPS) is 24.3. The second kappa shape index (κ2) is 5.95. The minimum atomic E-state index is -0.0542. The fourth-order valence-electron chi connectivity index (χ4n) is 2.23. The molecule has 1 aliphatic rings. The maximum atomic E-state index is 11.7. The number of hydrogen-bond donors (Lipinski definition) is 1. The quantitative estimate of drug-likeness (QED) is 0.834. The molecule has 1 saturated carbocycles. The van der Waals surface area contributed by atoms with Crippen molar-refractivity contribution in [3.05, 3.63) is 6.20 Å². The van der Waals surface area contributed by atoms with Crippen molar-refractivity contribution in [3.63, 3.8) is 0 Å². The molecule has 94 valence electrons. The van der Waals surface area contributed by atoms with Crippen molar-refractivity contribution in [2.45, 2.75) is 38.6 Å². The molecule has 0 radical (unpaired) electrons. The average Bonchev–Trinajstić information content (AvgIpc) is 2.82. The molecule has 2 atom stereocenters. The summed E-state index contributed by atoms with van der Waals surface area (Å²) in [7, 11) is 0. The Labute approximate surface area is 105 Å². The average molecular weight is 255 g/mol. The van der Waals surface area contributed by atoms with Gasteiger partial charge in [-0.05, 0) is 26.2 Å². The summed E-state index contributed by atoms with van der Waals surface area (Å²) in [4.78, 5) is 11.7. The number of carbonyl (C=O) groups excluding carboxylic acids is 1. The van der Waals surface area contributed by atoms with E-state index in [1.165, 1.54) is 11.5 Å². The lowest BCUT2D eigenvalue weighted by Crippen LogP contribution is -2.31. The topological polar surface area (TPSA) is 64.1 Å². The molecule has 5 nitrogen and oxygen atoms in total. The molecular formula is C11H17N3O2S. The van der Waals surface area contributed by atoms with Crippen LogP contribution in [0.1, 0.15) is 32.6 Å². The molecule has 2 rings (SSSR count). The summed E-state index contributed by atoms with van der Waals surface area (Å²) < 4.78 is 8.88. The zero-order chi connectivity index (χ0) is 12.1. The first-order chi connectivity index (χ1) is 8.29. The summed E-state index contributed by atoms with van der Waals surface area (Å²) in [6, 6.07) is 0.334. The molecule has 1 fully saturated rings. The van der Waals surface area contributed by atoms with E-state index in [9.17, 15) is 4.79 Å². The standard InChI is InChI=1S/C11H17N3O2S/c1-2-16-11(15)8-4-3-5-9(6-8)13-10-7-12-14-17-10/h7-9,13H,2-6H2,1H3. The van der Waals surface area contributed by atoms with E-state index in [0.29, 0.717) is 12.6 Å². The molecule has 0 spiro atoms. The van der Waals surface area contributed by atoms with Crippen LogP contribution in [-0.2, 0) is 9.53 Å². The van der Waals surface area contributed by atoms with E-state index < -0.39 is 0 Å². The number of carbonyl (C=O) groups is 1. The van der Waals surface area contributed by atoms with Gasteiger partial charge in [0.15, 0.2) is 0 Å². The monoisotopic (exact) mass is 255 g/mol. The molecule has 1 aliphatic carbocycles. The second-order valence-electron chi connectivity index (χ2n) is 4.24. The minimum Gasteiger partial charge on any atom is -0.466 e. The fourth-order valence-corrected chi connectivity index (χ4v) is 2.72. The van der Waals surface area contributed by atoms with Gasteiger partial charge in [0.1, 0.15) is 5.00 Å². The Hall–Kier alpha value is -1.17. The number of ether oxygens (including phenoxy) is 1. The number of rotatable bonds is 4. The molecule has 1 aromatic heterocycles. The van der Waals surface area contributed by atoms with E-state index in [-0.39, 0.29) is 11.9 Å². The fraction of sp³-hybridized carbons (Fsp3) is 0.727. The van der Waals surface area contributed by atoms with Crippen LogP contribution in [0.4, 0.5) is 5.00 Å². The van der Waals surface area contributed by atoms with Crippen LogP contribution in [0.5, 0.6) is 0 Å². The molecule has 17 heavy (non-hydrogen) atoms. The van der Waals surface area contributed by atoms with Gasteiger partial charge < -0.3 is 10.1 Å². The maximum Gasteiger partial charge on any atom is 0.308 e. The third kappa shape index (κ3) is 3.39. The van der Waals surface area contributed by atoms with Crippen molar-refractivity contribution in [3.8, 4) is 0 Å². The predicted molar refractivity (Wildman–Crippen MR) is 65.9 cm³/mol. The summed E-state index contributed by atoms with van der Waals surface area (Å²) in [5.74, 6) is -0.0106. The van der Waals surface area contributed by atoms with Gasteiger partial charge in [0.2, 0.25) is 0 Å². The lowest BCUT2D eigenvalue weighted by Gasteiger charge is -2.28. The van der Waals surface area contributed by atoms with Gasteiger partial charge in [-0.25, -0.2) is 0 Å². The van der Waals surface area contributed by atoms with Crippen LogP contribution < -0.4 is 5.32 Å². The summed E-state index contributed by atoms with van der Waals surface area (Å²) in [6.07, 6.45) is 5.66. The third-order valence-corrected chi connectivity index (χ3v) is 3.60. The van der Waals surface area contributed by atoms with E-state index in [4.69, 9.17) is 4.74 Å². The van der Waals surface area contributed by atoms with Crippen LogP contribution in [0.3, 0.4) is 0 Å². The highest BCUT2D eigenvalue weighted by Gasteiger charge is 2.28. The molecule has 2 unspecified atom stereocenters. The van der Waals surface area contributed by atoms with Gasteiger partial charge in [-0.2, -0.15) is 0 Å². The van der Waals surface area contributed by atoms with Gasteiger partial charge in [0.25, 0.3) is 0 Å². The first kappa shape index (κ1) is 12.3. The number of esters is 1. The van der Waals surface area contributed by atoms with Crippen LogP contribution in [-0.4, -0.2) is 28.2 Å². The van der Waals surface area contributed by atoms with Gasteiger partial charge >= 0.3 is 5.97 Å². The van der Waals surface area contributed by atoms with Gasteiger partial charge in [0.05, 0.1) is 18.7 Å². The summed E-state index contributed by atoms with van der Waals surface area (Å²) in [6.45, 7) is 2.31. The van der Waals surface area contributed by atoms with Crippen molar-refractivity contribution < 1.29 is 9.53 Å². The maximum absolute atomic E-state index is 11.7. The third-order valence-electron chi connectivity index (χ3n) is 3.00. The Morgan fingerprint density at radius 3 is 3.24 bits per heavy atom. The molecule has 6 heteroatoms. The van der Waals surface area contributed by atoms with Crippen LogP contribution in [0.15, 0.2) is 6.20 Å². The Morgan fingerprint density at radius 2 is 2.53 bits per heavy atom. The van der Waals surface area contributed by atoms with Crippen LogP contribution >= 0.6 is 11.5 Å². The largest absolute Gasteiger partial charge is 0.466 e. The molecule has 0 saturated heterocycles. The van der Waals surface area contributed by atoms with Gasteiger partial charge in [-0.3, -0.25) is 4.79 Å². The van der Waals surface area contributed by atoms with Gasteiger partial charge in [-0.15, -0.1) is 5.10 Å². The molecule has 0 aliphatic heterocycles. The molecule has 1 aromatic rings. The van der Waals surface area contributed by atoms with E-state index in [1.54, 1.807) is 6.20 Å². The van der Waals surface area contributed by atoms with Crippen molar-refractivity contribution in [2.75, 3.05) is 11.9 Å². The van der Waals surface area contributed by atoms with Crippen LogP contribution in [0.25, 0.3) is 0 Å². The SMILES string of the molecule is CCOC(=O)C1CCCC(Nc2cnns2)C1. The van der Waals surface area contributed by atoms with E-state index in [1.807, 2.05) is 6.92 Å². The van der Waals surface area contributed by atoms with E-state index >= 15 is 0 Å². The number of nitrogens with zero attached hydrogens (tertiary/aromatic N) is 2. The van der Waals surface area contributed by atoms with Crippen molar-refractivity contribution in [1.82, 2.24) is 9.59 Å². The molecule has 0 bridgehead atoms. The highest BCUT2D eigenvalue weighted by Crippen LogP contribution is 2.28. The zero-order valence-corrected chi connectivity index (χ0v) is 10.7. The molecule has 1 heterocycles. The van der Waals surface area contributed by atoms with Gasteiger partial charge in [-0.1, -0.05) is 10.9 Å². The molecule has 0 aromatic carbocycles. The Morgan fingerprint density at radius 1 is 1.65 bits per heavy atom. The van der Waals surface area contributed by atoms with Crippen molar-refractivity contribution in [2.24, 2.45) is 5.92 Å². The lowest BCUT2D eigenvalue weighted by atomic mass is 9.86. The van der Waals surface area contributed by atoms with Crippen molar-refractivity contribution >= 4 is 22.5 Å². The molecule has 0 amide bonds. The van der Waals surface area contributed by atoms with E-state index in [0.717, 1.165) is 30.7 Å². The lowest BCUT2D eigenvalue weighted by molar-refractivity contribution is -0.149. The first-order valence-corrected chi connectivity index (χ1v) is 6.77. The Kier molecular flexibility index (Phi) is 4.30. The number of anilines is 1.